The van der Waals surface area contributed by atoms with E-state index in [0.29, 0.717) is 16.3 Å². The summed E-state index contributed by atoms with van der Waals surface area (Å²) in [6.07, 6.45) is 0. The highest BCUT2D eigenvalue weighted by atomic mass is 35.5. The van der Waals surface area contributed by atoms with Crippen LogP contribution in [0, 0.1) is 20.8 Å². The maximum atomic E-state index is 6.15. The molecule has 0 amide bonds. The van der Waals surface area contributed by atoms with E-state index in [9.17, 15) is 0 Å². The van der Waals surface area contributed by atoms with Crippen LogP contribution in [0.5, 0.6) is 11.5 Å². The van der Waals surface area contributed by atoms with E-state index in [4.69, 9.17) is 34.3 Å². The lowest BCUT2D eigenvalue weighted by Crippen LogP contribution is -2.11. The molecule has 2 rings (SSSR count). The predicted molar refractivity (Wildman–Crippen MR) is 88.1 cm³/mol. The number of halogens is 1. The third-order valence-corrected chi connectivity index (χ3v) is 3.83. The van der Waals surface area contributed by atoms with Gasteiger partial charge in [-0.2, -0.15) is 0 Å². The Hall–Kier alpha value is -1.58. The molecule has 0 aromatic heterocycles. The molecule has 0 radical (unpaired) electrons. The number of thiocarbonyl (C=S) groups is 1. The number of aryl methyl sites for hydroxylation is 2. The van der Waals surface area contributed by atoms with E-state index in [1.165, 1.54) is 5.56 Å². The average molecular weight is 306 g/mol. The Morgan fingerprint density at radius 2 is 1.75 bits per heavy atom. The highest BCUT2D eigenvalue weighted by Crippen LogP contribution is 2.34. The van der Waals surface area contributed by atoms with Crippen LogP contribution in [0.15, 0.2) is 30.3 Å². The minimum atomic E-state index is 0.230. The SMILES string of the molecule is Cc1ccc(C)c(Oc2cccc(Cl)c2C(N)=S)c1C. The van der Waals surface area contributed by atoms with Crippen LogP contribution >= 0.6 is 23.8 Å². The molecule has 0 fully saturated rings. The maximum Gasteiger partial charge on any atom is 0.139 e. The van der Waals surface area contributed by atoms with Gasteiger partial charge in [0.15, 0.2) is 0 Å². The fraction of sp³-hybridized carbons (Fsp3) is 0.188. The van der Waals surface area contributed by atoms with Crippen LogP contribution in [0.3, 0.4) is 0 Å². The van der Waals surface area contributed by atoms with Crippen LogP contribution in [0.4, 0.5) is 0 Å². The molecular formula is C16H16ClNOS. The van der Waals surface area contributed by atoms with Gasteiger partial charge in [-0.15, -0.1) is 0 Å². The average Bonchev–Trinajstić information content (AvgIpc) is 2.39. The third kappa shape index (κ3) is 2.79. The molecule has 2 aromatic rings. The van der Waals surface area contributed by atoms with Gasteiger partial charge >= 0.3 is 0 Å². The Balaban J connectivity index is 2.54. The van der Waals surface area contributed by atoms with Crippen molar-refractivity contribution in [2.24, 2.45) is 5.73 Å². The Kier molecular flexibility index (Phi) is 4.31. The molecule has 0 spiro atoms. The second-order valence-corrected chi connectivity index (χ2v) is 5.58. The van der Waals surface area contributed by atoms with E-state index < -0.39 is 0 Å². The molecule has 0 saturated carbocycles. The molecule has 0 heterocycles. The summed E-state index contributed by atoms with van der Waals surface area (Å²) in [6.45, 7) is 6.09. The van der Waals surface area contributed by atoms with Crippen LogP contribution in [-0.2, 0) is 0 Å². The number of ether oxygens (including phenoxy) is 1. The summed E-state index contributed by atoms with van der Waals surface area (Å²) >= 11 is 11.2. The normalized spacial score (nSPS) is 10.4. The molecule has 2 aromatic carbocycles. The lowest BCUT2D eigenvalue weighted by atomic mass is 10.1. The van der Waals surface area contributed by atoms with Crippen molar-refractivity contribution in [3.8, 4) is 11.5 Å². The summed E-state index contributed by atoms with van der Waals surface area (Å²) in [6, 6.07) is 9.49. The molecule has 20 heavy (non-hydrogen) atoms. The summed E-state index contributed by atoms with van der Waals surface area (Å²) in [5.74, 6) is 1.41. The fourth-order valence-corrected chi connectivity index (χ4v) is 2.56. The summed E-state index contributed by atoms with van der Waals surface area (Å²) in [5, 5.41) is 0.498. The second kappa shape index (κ2) is 5.81. The first kappa shape index (κ1) is 14.8. The quantitative estimate of drug-likeness (QED) is 0.835. The van der Waals surface area contributed by atoms with Crippen LogP contribution in [-0.4, -0.2) is 4.99 Å². The van der Waals surface area contributed by atoms with Gasteiger partial charge in [-0.05, 0) is 49.6 Å². The van der Waals surface area contributed by atoms with Gasteiger partial charge in [0, 0.05) is 0 Å². The van der Waals surface area contributed by atoms with Gasteiger partial charge in [-0.1, -0.05) is 42.0 Å². The first-order valence-corrected chi connectivity index (χ1v) is 7.03. The number of hydrogen-bond acceptors (Lipinski definition) is 2. The fourth-order valence-electron chi connectivity index (χ4n) is 2.02. The molecule has 104 valence electrons. The predicted octanol–water partition coefficient (Wildman–Crippen LogP) is 4.69. The summed E-state index contributed by atoms with van der Waals surface area (Å²) in [7, 11) is 0. The standard InChI is InChI=1S/C16H16ClNOS/c1-9-7-8-10(2)15(11(9)3)19-13-6-4-5-12(17)14(13)16(18)20/h4-8H,1-3H3,(H2,18,20). The van der Waals surface area contributed by atoms with Crippen molar-refractivity contribution in [3.05, 3.63) is 57.6 Å². The minimum Gasteiger partial charge on any atom is -0.456 e. The van der Waals surface area contributed by atoms with Crippen LogP contribution in [0.2, 0.25) is 5.02 Å². The lowest BCUT2D eigenvalue weighted by Gasteiger charge is -2.16. The van der Waals surface area contributed by atoms with Crippen molar-refractivity contribution < 1.29 is 4.74 Å². The summed E-state index contributed by atoms with van der Waals surface area (Å²) in [5.41, 5.74) is 9.64. The number of rotatable bonds is 3. The first-order valence-electron chi connectivity index (χ1n) is 6.24. The number of benzene rings is 2. The highest BCUT2D eigenvalue weighted by molar-refractivity contribution is 7.80. The van der Waals surface area contributed by atoms with Crippen molar-refractivity contribution in [1.82, 2.24) is 0 Å². The Morgan fingerprint density at radius 3 is 2.40 bits per heavy atom. The largest absolute Gasteiger partial charge is 0.456 e. The lowest BCUT2D eigenvalue weighted by molar-refractivity contribution is 0.473. The monoisotopic (exact) mass is 305 g/mol. The van der Waals surface area contributed by atoms with Crippen molar-refractivity contribution in [2.75, 3.05) is 0 Å². The molecular weight excluding hydrogens is 290 g/mol. The molecule has 0 aliphatic carbocycles. The minimum absolute atomic E-state index is 0.230. The van der Waals surface area contributed by atoms with Gasteiger partial charge in [-0.25, -0.2) is 0 Å². The molecule has 0 aliphatic rings. The van der Waals surface area contributed by atoms with E-state index in [-0.39, 0.29) is 4.99 Å². The second-order valence-electron chi connectivity index (χ2n) is 4.73. The van der Waals surface area contributed by atoms with Gasteiger partial charge in [0.2, 0.25) is 0 Å². The zero-order valence-electron chi connectivity index (χ0n) is 11.7. The number of nitrogens with two attached hydrogens (primary N) is 1. The van der Waals surface area contributed by atoms with Crippen molar-refractivity contribution in [3.63, 3.8) is 0 Å². The molecule has 2 N–H and O–H groups in total. The zero-order chi connectivity index (χ0) is 14.9. The van der Waals surface area contributed by atoms with Gasteiger partial charge in [0.1, 0.15) is 16.5 Å². The highest BCUT2D eigenvalue weighted by Gasteiger charge is 2.14. The summed E-state index contributed by atoms with van der Waals surface area (Å²) < 4.78 is 6.04. The Morgan fingerprint density at radius 1 is 1.10 bits per heavy atom. The van der Waals surface area contributed by atoms with E-state index in [2.05, 4.69) is 6.07 Å². The van der Waals surface area contributed by atoms with Gasteiger partial charge in [0.25, 0.3) is 0 Å². The van der Waals surface area contributed by atoms with Crippen molar-refractivity contribution >= 4 is 28.8 Å². The maximum absolute atomic E-state index is 6.15. The molecule has 0 atom stereocenters. The molecule has 2 nitrogen and oxygen atoms in total. The van der Waals surface area contributed by atoms with E-state index in [1.54, 1.807) is 6.07 Å². The molecule has 0 unspecified atom stereocenters. The third-order valence-electron chi connectivity index (χ3n) is 3.31. The molecule has 0 aliphatic heterocycles. The Bertz CT molecular complexity index is 682. The van der Waals surface area contributed by atoms with E-state index in [1.807, 2.05) is 39.0 Å². The van der Waals surface area contributed by atoms with Crippen molar-refractivity contribution in [1.29, 1.82) is 0 Å². The zero-order valence-corrected chi connectivity index (χ0v) is 13.2. The van der Waals surface area contributed by atoms with Crippen LogP contribution in [0.1, 0.15) is 22.3 Å². The smallest absolute Gasteiger partial charge is 0.139 e. The number of hydrogen-bond donors (Lipinski definition) is 1. The van der Waals surface area contributed by atoms with Crippen LogP contribution < -0.4 is 10.5 Å². The van der Waals surface area contributed by atoms with Gasteiger partial charge < -0.3 is 10.5 Å². The Labute approximate surface area is 129 Å². The van der Waals surface area contributed by atoms with E-state index in [0.717, 1.165) is 16.9 Å². The molecule has 0 bridgehead atoms. The van der Waals surface area contributed by atoms with Crippen molar-refractivity contribution in [2.45, 2.75) is 20.8 Å². The molecule has 4 heteroatoms. The topological polar surface area (TPSA) is 35.2 Å². The van der Waals surface area contributed by atoms with Crippen LogP contribution in [0.25, 0.3) is 0 Å². The molecule has 0 saturated heterocycles. The summed E-state index contributed by atoms with van der Waals surface area (Å²) in [4.78, 5) is 0.230. The van der Waals surface area contributed by atoms with E-state index >= 15 is 0 Å². The van der Waals surface area contributed by atoms with Gasteiger partial charge in [0.05, 0.1) is 10.6 Å². The van der Waals surface area contributed by atoms with Gasteiger partial charge in [-0.3, -0.25) is 0 Å². The first-order chi connectivity index (χ1) is 9.41.